The first-order valence-corrected chi connectivity index (χ1v) is 15.3. The molecular formula is C31H46N2O5S. The summed E-state index contributed by atoms with van der Waals surface area (Å²) in [5.74, 6) is 5.44. The quantitative estimate of drug-likeness (QED) is 0.289. The first-order valence-electron chi connectivity index (χ1n) is 14.5. The highest BCUT2D eigenvalue weighted by Crippen LogP contribution is 2.39. The lowest BCUT2D eigenvalue weighted by atomic mass is 9.81. The SMILES string of the molecule is CC[C@H](C)[C@H](N)C(=O)OC1CCC(N(C(=O)C2CCC(C)CC2)c2cc(C#CC(C)(C)C)sc2C(=O)O)CC1. The van der Waals surface area contributed by atoms with E-state index in [9.17, 15) is 19.5 Å². The van der Waals surface area contributed by atoms with E-state index in [1.165, 1.54) is 0 Å². The van der Waals surface area contributed by atoms with Gasteiger partial charge in [-0.1, -0.05) is 39.0 Å². The zero-order valence-electron chi connectivity index (χ0n) is 24.4. The number of carbonyl (C=O) groups excluding carboxylic acids is 2. The van der Waals surface area contributed by atoms with Crippen LogP contribution in [-0.4, -0.2) is 41.1 Å². The fourth-order valence-corrected chi connectivity index (χ4v) is 6.22. The number of ether oxygens (including phenoxy) is 1. The first-order chi connectivity index (χ1) is 18.3. The minimum Gasteiger partial charge on any atom is -0.477 e. The van der Waals surface area contributed by atoms with Crippen molar-refractivity contribution in [3.63, 3.8) is 0 Å². The van der Waals surface area contributed by atoms with Gasteiger partial charge in [-0.05, 0) is 90.0 Å². The normalized spacial score (nSPS) is 25.1. The molecule has 2 saturated carbocycles. The number of hydrogen-bond acceptors (Lipinski definition) is 6. The highest BCUT2D eigenvalue weighted by atomic mass is 32.1. The summed E-state index contributed by atoms with van der Waals surface area (Å²) in [6.07, 6.45) is 6.67. The van der Waals surface area contributed by atoms with Crippen LogP contribution in [0.4, 0.5) is 5.69 Å². The molecule has 0 unspecified atom stereocenters. The lowest BCUT2D eigenvalue weighted by Crippen LogP contribution is -2.48. The maximum atomic E-state index is 14.1. The average molecular weight is 559 g/mol. The van der Waals surface area contributed by atoms with Crippen LogP contribution in [0.1, 0.15) is 114 Å². The number of thiophene rings is 1. The fraction of sp³-hybridized carbons (Fsp3) is 0.710. The third kappa shape index (κ3) is 8.31. The zero-order valence-corrected chi connectivity index (χ0v) is 25.2. The molecule has 0 spiro atoms. The van der Waals surface area contributed by atoms with E-state index in [0.717, 1.165) is 43.4 Å². The Morgan fingerprint density at radius 2 is 1.74 bits per heavy atom. The van der Waals surface area contributed by atoms with Crippen LogP contribution in [0.5, 0.6) is 0 Å². The Balaban J connectivity index is 1.87. The van der Waals surface area contributed by atoms with Crippen molar-refractivity contribution in [3.8, 4) is 11.8 Å². The molecule has 1 aromatic heterocycles. The van der Waals surface area contributed by atoms with Crippen LogP contribution in [0.25, 0.3) is 0 Å². The molecule has 1 heterocycles. The third-order valence-corrected chi connectivity index (χ3v) is 9.18. The lowest BCUT2D eigenvalue weighted by molar-refractivity contribution is -0.153. The molecule has 2 fully saturated rings. The van der Waals surface area contributed by atoms with Crippen LogP contribution in [-0.2, 0) is 14.3 Å². The molecule has 1 aromatic rings. The van der Waals surface area contributed by atoms with Crippen molar-refractivity contribution in [3.05, 3.63) is 15.8 Å². The summed E-state index contributed by atoms with van der Waals surface area (Å²) in [5.41, 5.74) is 6.30. The smallest absolute Gasteiger partial charge is 0.348 e. The van der Waals surface area contributed by atoms with Crippen molar-refractivity contribution in [2.24, 2.45) is 28.9 Å². The molecule has 0 saturated heterocycles. The highest BCUT2D eigenvalue weighted by Gasteiger charge is 2.38. The van der Waals surface area contributed by atoms with Crippen LogP contribution >= 0.6 is 11.3 Å². The summed E-state index contributed by atoms with van der Waals surface area (Å²) in [5, 5.41) is 10.1. The molecular weight excluding hydrogens is 512 g/mol. The Morgan fingerprint density at radius 3 is 2.28 bits per heavy atom. The molecule has 2 aliphatic rings. The van der Waals surface area contributed by atoms with Crippen LogP contribution < -0.4 is 10.6 Å². The molecule has 0 radical (unpaired) electrons. The van der Waals surface area contributed by atoms with E-state index in [1.807, 2.05) is 34.6 Å². The molecule has 0 bridgehead atoms. The van der Waals surface area contributed by atoms with Crippen molar-refractivity contribution in [1.29, 1.82) is 0 Å². The Morgan fingerprint density at radius 1 is 1.13 bits per heavy atom. The molecule has 2 aliphatic carbocycles. The second-order valence-corrected chi connectivity index (χ2v) is 13.6. The van der Waals surface area contributed by atoms with Crippen molar-refractivity contribution in [2.45, 2.75) is 118 Å². The van der Waals surface area contributed by atoms with Gasteiger partial charge in [-0.2, -0.15) is 0 Å². The number of esters is 1. The van der Waals surface area contributed by atoms with Gasteiger partial charge < -0.3 is 20.5 Å². The van der Waals surface area contributed by atoms with Gasteiger partial charge in [-0.25, -0.2) is 4.79 Å². The van der Waals surface area contributed by atoms with E-state index in [-0.39, 0.29) is 46.2 Å². The maximum Gasteiger partial charge on any atom is 0.348 e. The van der Waals surface area contributed by atoms with E-state index >= 15 is 0 Å². The number of carbonyl (C=O) groups is 3. The van der Waals surface area contributed by atoms with Gasteiger partial charge >= 0.3 is 11.9 Å². The molecule has 2 atom stereocenters. The number of aromatic carboxylic acids is 1. The minimum absolute atomic E-state index is 0.0109. The maximum absolute atomic E-state index is 14.1. The number of hydrogen-bond donors (Lipinski definition) is 2. The summed E-state index contributed by atoms with van der Waals surface area (Å²) < 4.78 is 5.75. The van der Waals surface area contributed by atoms with Gasteiger partial charge in [-0.3, -0.25) is 9.59 Å². The zero-order chi connectivity index (χ0) is 28.9. The van der Waals surface area contributed by atoms with Gasteiger partial charge in [-0.15, -0.1) is 11.3 Å². The van der Waals surface area contributed by atoms with Crippen LogP contribution in [0.3, 0.4) is 0 Å². The van der Waals surface area contributed by atoms with Crippen molar-refractivity contribution < 1.29 is 24.2 Å². The van der Waals surface area contributed by atoms with Crippen LogP contribution in [0.15, 0.2) is 6.07 Å². The number of rotatable bonds is 8. The van der Waals surface area contributed by atoms with Crippen LogP contribution in [0.2, 0.25) is 0 Å². The number of nitrogens with two attached hydrogens (primary N) is 1. The lowest BCUT2D eigenvalue weighted by Gasteiger charge is -2.39. The first kappa shape index (κ1) is 31.2. The Kier molecular flexibility index (Phi) is 10.6. The molecule has 1 amide bonds. The van der Waals surface area contributed by atoms with E-state index in [2.05, 4.69) is 18.8 Å². The van der Waals surface area contributed by atoms with E-state index in [1.54, 1.807) is 11.0 Å². The molecule has 0 aromatic carbocycles. The predicted octanol–water partition coefficient (Wildman–Crippen LogP) is 6.23. The molecule has 216 valence electrons. The summed E-state index contributed by atoms with van der Waals surface area (Å²) in [7, 11) is 0. The number of anilines is 1. The summed E-state index contributed by atoms with van der Waals surface area (Å²) in [6, 6.07) is 0.982. The van der Waals surface area contributed by atoms with Crippen molar-refractivity contribution in [2.75, 3.05) is 4.90 Å². The minimum atomic E-state index is -1.05. The number of nitrogens with zero attached hydrogens (tertiary/aromatic N) is 1. The predicted molar refractivity (Wildman–Crippen MR) is 156 cm³/mol. The van der Waals surface area contributed by atoms with Crippen LogP contribution in [0, 0.1) is 35.0 Å². The molecule has 3 N–H and O–H groups in total. The summed E-state index contributed by atoms with van der Waals surface area (Å²) in [4.78, 5) is 41.5. The van der Waals surface area contributed by atoms with E-state index in [4.69, 9.17) is 10.5 Å². The Hall–Kier alpha value is -2.37. The monoisotopic (exact) mass is 558 g/mol. The Labute approximate surface area is 237 Å². The fourth-order valence-electron chi connectivity index (χ4n) is 5.37. The largest absolute Gasteiger partial charge is 0.477 e. The van der Waals surface area contributed by atoms with Crippen molar-refractivity contribution >= 4 is 34.9 Å². The Bertz CT molecular complexity index is 1080. The van der Waals surface area contributed by atoms with Gasteiger partial charge in [0.2, 0.25) is 5.91 Å². The summed E-state index contributed by atoms with van der Waals surface area (Å²) in [6.45, 7) is 12.2. The standard InChI is InChI=1S/C31H46N2O5S/c1-7-20(3)26(32)30(37)38-23-14-12-22(13-15-23)33(28(34)21-10-8-19(2)9-11-21)25-18-24(16-17-31(4,5)6)39-27(25)29(35)36/h18-23,26H,7-15,32H2,1-6H3,(H,35,36)/t19?,20-,21?,22?,23?,26-/m0/s1. The molecule has 7 nitrogen and oxygen atoms in total. The number of carboxylic acid groups (broad SMARTS) is 1. The third-order valence-electron chi connectivity index (χ3n) is 8.15. The second-order valence-electron chi connectivity index (χ2n) is 12.6. The highest BCUT2D eigenvalue weighted by molar-refractivity contribution is 7.15. The van der Waals surface area contributed by atoms with Gasteiger partial charge in [0.25, 0.3) is 0 Å². The summed E-state index contributed by atoms with van der Waals surface area (Å²) >= 11 is 1.13. The van der Waals surface area contributed by atoms with Gasteiger partial charge in [0.15, 0.2) is 0 Å². The van der Waals surface area contributed by atoms with Gasteiger partial charge in [0, 0.05) is 17.4 Å². The van der Waals surface area contributed by atoms with Crippen molar-refractivity contribution in [1.82, 2.24) is 0 Å². The topological polar surface area (TPSA) is 110 Å². The molecule has 8 heteroatoms. The molecule has 3 rings (SSSR count). The number of amides is 1. The van der Waals surface area contributed by atoms with E-state index < -0.39 is 12.0 Å². The second kappa shape index (κ2) is 13.3. The van der Waals surface area contributed by atoms with Gasteiger partial charge in [0.1, 0.15) is 17.0 Å². The molecule has 39 heavy (non-hydrogen) atoms. The van der Waals surface area contributed by atoms with E-state index in [0.29, 0.717) is 42.2 Å². The average Bonchev–Trinajstić information content (AvgIpc) is 3.32. The molecule has 0 aliphatic heterocycles. The number of carboxylic acids is 1. The van der Waals surface area contributed by atoms with Gasteiger partial charge in [0.05, 0.1) is 10.6 Å².